The van der Waals surface area contributed by atoms with Gasteiger partial charge in [-0.15, -0.1) is 0 Å². The van der Waals surface area contributed by atoms with Crippen LogP contribution < -0.4 is 5.32 Å². The van der Waals surface area contributed by atoms with Gasteiger partial charge in [0, 0.05) is 11.4 Å². The molecule has 6 fully saturated rings. The van der Waals surface area contributed by atoms with Gasteiger partial charge in [0.1, 0.15) is 5.52 Å². The molecular weight excluding hydrogens is 343 g/mol. The maximum absolute atomic E-state index is 12.4. The molecule has 0 radical (unpaired) electrons. The predicted molar refractivity (Wildman–Crippen MR) is 85.8 cm³/mol. The van der Waals surface area contributed by atoms with E-state index in [1.165, 1.54) is 18.4 Å². The third-order valence-electron chi connectivity index (χ3n) is 6.48. The molecule has 8 rings (SSSR count). The lowest BCUT2D eigenvalue weighted by molar-refractivity contribution is -0.247. The smallest absolute Gasteiger partial charge is 0.360 e. The Morgan fingerprint density at radius 2 is 2.08 bits per heavy atom. The van der Waals surface area contributed by atoms with Gasteiger partial charge in [-0.2, -0.15) is 0 Å². The van der Waals surface area contributed by atoms with E-state index in [0.717, 1.165) is 35.9 Å². The molecule has 1 saturated carbocycles. The van der Waals surface area contributed by atoms with Crippen molar-refractivity contribution in [1.82, 2.24) is 10.5 Å². The van der Waals surface area contributed by atoms with Gasteiger partial charge in [-0.1, -0.05) is 11.2 Å². The van der Waals surface area contributed by atoms with Gasteiger partial charge in [-0.25, -0.2) is 13.6 Å². The monoisotopic (exact) mass is 360 g/mol. The van der Waals surface area contributed by atoms with Crippen molar-refractivity contribution < 1.29 is 22.7 Å². The van der Waals surface area contributed by atoms with E-state index in [1.807, 2.05) is 6.07 Å². The lowest BCUT2D eigenvalue weighted by Crippen LogP contribution is -2.66. The minimum absolute atomic E-state index is 0.176. The summed E-state index contributed by atoms with van der Waals surface area (Å²) in [4.78, 5) is 0. The Hall–Kier alpha value is -1.24. The fourth-order valence-electron chi connectivity index (χ4n) is 5.18. The molecule has 6 aliphatic rings. The standard InChI is InChI=1S/C17H17N2O5P/c20-25-22-16-6-5-11(18-16)8-13(17(16,23-25)24-25)15-12-7-10(9-1-2-9)3-4-14(12)19-21-15/h3-4,7,9,11,13,18H,1-2,5-6,8H2. The maximum Gasteiger partial charge on any atom is 0.482 e. The number of hydrogen-bond donors (Lipinski definition) is 1. The molecule has 5 aliphatic heterocycles. The van der Waals surface area contributed by atoms with Crippen LogP contribution in [0.1, 0.15) is 55.3 Å². The molecule has 1 aromatic heterocycles. The van der Waals surface area contributed by atoms with Gasteiger partial charge in [0.25, 0.3) is 0 Å². The number of rotatable bonds is 2. The molecule has 1 N–H and O–H groups in total. The van der Waals surface area contributed by atoms with E-state index in [4.69, 9.17) is 18.1 Å². The van der Waals surface area contributed by atoms with Crippen LogP contribution in [0, 0.1) is 0 Å². The Morgan fingerprint density at radius 3 is 2.92 bits per heavy atom. The summed E-state index contributed by atoms with van der Waals surface area (Å²) in [5.41, 5.74) is 1.37. The van der Waals surface area contributed by atoms with Crippen LogP contribution in [0.3, 0.4) is 0 Å². The minimum atomic E-state index is -3.41. The van der Waals surface area contributed by atoms with Crippen LogP contribution in [0.4, 0.5) is 0 Å². The highest BCUT2D eigenvalue weighted by Crippen LogP contribution is 2.83. The van der Waals surface area contributed by atoms with E-state index in [-0.39, 0.29) is 12.0 Å². The lowest BCUT2D eigenvalue weighted by atomic mass is 9.81. The minimum Gasteiger partial charge on any atom is -0.360 e. The molecule has 25 heavy (non-hydrogen) atoms. The van der Waals surface area contributed by atoms with Crippen LogP contribution in [0.15, 0.2) is 22.7 Å². The fourth-order valence-corrected chi connectivity index (χ4v) is 7.14. The Balaban J connectivity index is 1.41. The third-order valence-corrected chi connectivity index (χ3v) is 8.01. The zero-order chi connectivity index (χ0) is 16.4. The first kappa shape index (κ1) is 13.9. The second kappa shape index (κ2) is 4.02. The molecule has 5 saturated heterocycles. The highest BCUT2D eigenvalue weighted by Gasteiger charge is 2.85. The molecule has 2 aromatic rings. The summed E-state index contributed by atoms with van der Waals surface area (Å²) < 4.78 is 35.5. The number of hydrogen-bond acceptors (Lipinski definition) is 7. The van der Waals surface area contributed by atoms with E-state index in [0.29, 0.717) is 5.92 Å². The van der Waals surface area contributed by atoms with Gasteiger partial charge in [0.15, 0.2) is 11.5 Å². The molecule has 6 heterocycles. The third kappa shape index (κ3) is 1.54. The number of aromatic nitrogens is 1. The number of nitrogens with one attached hydrogen (secondary N) is 1. The zero-order valence-electron chi connectivity index (χ0n) is 13.4. The molecule has 3 unspecified atom stereocenters. The SMILES string of the molecule is O=P12OC34CCC(CC(c5onc6ccc(C7CC7)cc56)C3(O1)O2)N4. The molecule has 8 heteroatoms. The summed E-state index contributed by atoms with van der Waals surface area (Å²) in [7, 11) is -3.41. The second-order valence-electron chi connectivity index (χ2n) is 7.98. The van der Waals surface area contributed by atoms with E-state index < -0.39 is 19.3 Å². The summed E-state index contributed by atoms with van der Waals surface area (Å²) in [6.07, 6.45) is 4.97. The summed E-state index contributed by atoms with van der Waals surface area (Å²) in [5, 5.41) is 8.71. The zero-order valence-corrected chi connectivity index (χ0v) is 14.3. The van der Waals surface area contributed by atoms with Gasteiger partial charge >= 0.3 is 7.82 Å². The number of benzene rings is 1. The van der Waals surface area contributed by atoms with Crippen molar-refractivity contribution in [3.05, 3.63) is 29.5 Å². The van der Waals surface area contributed by atoms with Gasteiger partial charge < -0.3 is 4.52 Å². The first-order chi connectivity index (χ1) is 12.1. The van der Waals surface area contributed by atoms with Crippen molar-refractivity contribution in [1.29, 1.82) is 0 Å². The molecular formula is C17H17N2O5P. The van der Waals surface area contributed by atoms with Gasteiger partial charge in [-0.05, 0) is 55.7 Å². The normalized spacial score (nSPS) is 47.0. The van der Waals surface area contributed by atoms with E-state index in [9.17, 15) is 4.57 Å². The Kier molecular flexibility index (Phi) is 2.24. The molecule has 4 bridgehead atoms. The highest BCUT2D eigenvalue weighted by atomic mass is 31.2. The van der Waals surface area contributed by atoms with Crippen LogP contribution in [-0.2, 0) is 18.1 Å². The molecule has 0 amide bonds. The van der Waals surface area contributed by atoms with Crippen LogP contribution in [0.2, 0.25) is 0 Å². The summed E-state index contributed by atoms with van der Waals surface area (Å²) in [5.74, 6) is 0.196. The number of nitrogens with zero attached hydrogens (tertiary/aromatic N) is 1. The first-order valence-electron chi connectivity index (χ1n) is 8.99. The molecule has 130 valence electrons. The van der Waals surface area contributed by atoms with Crippen LogP contribution in [0.5, 0.6) is 0 Å². The average molecular weight is 360 g/mol. The van der Waals surface area contributed by atoms with Crippen molar-refractivity contribution >= 4 is 18.7 Å². The summed E-state index contributed by atoms with van der Waals surface area (Å²) in [6.45, 7) is 0. The summed E-state index contributed by atoms with van der Waals surface area (Å²) in [6, 6.07) is 6.64. The average Bonchev–Trinajstić information content (AvgIpc) is 3.07. The van der Waals surface area contributed by atoms with Crippen LogP contribution in [-0.4, -0.2) is 22.7 Å². The first-order valence-corrected chi connectivity index (χ1v) is 10.5. The van der Waals surface area contributed by atoms with E-state index in [2.05, 4.69) is 22.6 Å². The fraction of sp³-hybridized carbons (Fsp3) is 0.588. The number of phosphoric acid groups is 1. The highest BCUT2D eigenvalue weighted by molar-refractivity contribution is 7.50. The van der Waals surface area contributed by atoms with E-state index in [1.54, 1.807) is 0 Å². The van der Waals surface area contributed by atoms with Gasteiger partial charge in [-0.3, -0.25) is 9.84 Å². The quantitative estimate of drug-likeness (QED) is 0.821. The number of fused-ring (bicyclic) bond motifs is 2. The largest absolute Gasteiger partial charge is 0.482 e. The lowest BCUT2D eigenvalue weighted by Gasteiger charge is -2.47. The number of phosphoric ester groups is 1. The van der Waals surface area contributed by atoms with Crippen molar-refractivity contribution in [3.63, 3.8) is 0 Å². The second-order valence-corrected chi connectivity index (χ2v) is 9.42. The van der Waals surface area contributed by atoms with E-state index >= 15 is 0 Å². The van der Waals surface area contributed by atoms with Crippen molar-refractivity contribution in [3.8, 4) is 0 Å². The van der Waals surface area contributed by atoms with Crippen LogP contribution in [0.25, 0.3) is 10.9 Å². The van der Waals surface area contributed by atoms with Crippen molar-refractivity contribution in [2.24, 2.45) is 0 Å². The Labute approximate surface area is 143 Å². The summed E-state index contributed by atoms with van der Waals surface area (Å²) >= 11 is 0. The Morgan fingerprint density at radius 1 is 1.20 bits per heavy atom. The molecule has 3 atom stereocenters. The van der Waals surface area contributed by atoms with Crippen molar-refractivity contribution in [2.45, 2.75) is 61.5 Å². The van der Waals surface area contributed by atoms with Crippen molar-refractivity contribution in [2.75, 3.05) is 0 Å². The predicted octanol–water partition coefficient (Wildman–Crippen LogP) is 3.52. The topological polar surface area (TPSA) is 82.8 Å². The molecule has 1 aromatic carbocycles. The van der Waals surface area contributed by atoms with Gasteiger partial charge in [0.2, 0.25) is 5.79 Å². The van der Waals surface area contributed by atoms with Crippen LogP contribution >= 0.6 is 7.82 Å². The van der Waals surface area contributed by atoms with Gasteiger partial charge in [0.05, 0.1) is 5.92 Å². The molecule has 2 spiro atoms. The maximum atomic E-state index is 12.4. The molecule has 7 nitrogen and oxygen atoms in total. The Bertz CT molecular complexity index is 975. The molecule has 1 aliphatic carbocycles. The number of piperidine rings is 1.